The van der Waals surface area contributed by atoms with Crippen molar-refractivity contribution in [3.05, 3.63) is 33.8 Å². The summed E-state index contributed by atoms with van der Waals surface area (Å²) in [5.74, 6) is 0.721. The van der Waals surface area contributed by atoms with E-state index in [1.807, 2.05) is 0 Å². The van der Waals surface area contributed by atoms with E-state index in [2.05, 4.69) is 54.9 Å². The Bertz CT molecular complexity index is 360. The number of hydrogen-bond donors (Lipinski definition) is 0. The van der Waals surface area contributed by atoms with E-state index in [1.54, 1.807) is 11.1 Å². The molecule has 1 atom stereocenters. The summed E-state index contributed by atoms with van der Waals surface area (Å²) in [5.41, 5.74) is 3.52. The van der Waals surface area contributed by atoms with E-state index in [-0.39, 0.29) is 0 Å². The predicted molar refractivity (Wildman–Crippen MR) is 69.3 cm³/mol. The molecule has 0 nitrogen and oxygen atoms in total. The molecule has 0 bridgehead atoms. The molecule has 2 rings (SSSR count). The summed E-state index contributed by atoms with van der Waals surface area (Å²) in [7, 11) is 0. The quantitative estimate of drug-likeness (QED) is 0.626. The molecule has 1 heteroatoms. The van der Waals surface area contributed by atoms with E-state index < -0.39 is 0 Å². The van der Waals surface area contributed by atoms with Crippen LogP contribution < -0.4 is 0 Å². The topological polar surface area (TPSA) is 0 Å². The second kappa shape index (κ2) is 3.93. The van der Waals surface area contributed by atoms with Gasteiger partial charge in [0.1, 0.15) is 0 Å². The van der Waals surface area contributed by atoms with Gasteiger partial charge < -0.3 is 0 Å². The van der Waals surface area contributed by atoms with Gasteiger partial charge in [-0.15, -0.1) is 0 Å². The number of benzene rings is 1. The van der Waals surface area contributed by atoms with Gasteiger partial charge in [0.2, 0.25) is 0 Å². The van der Waals surface area contributed by atoms with Crippen LogP contribution in [0.2, 0.25) is 0 Å². The fourth-order valence-electron chi connectivity index (χ4n) is 2.67. The minimum atomic E-state index is 0.385. The molecular formula is C14H19Br. The normalized spacial score (nSPS) is 21.2. The molecule has 0 fully saturated rings. The monoisotopic (exact) mass is 266 g/mol. The third-order valence-electron chi connectivity index (χ3n) is 3.47. The van der Waals surface area contributed by atoms with Gasteiger partial charge in [-0.1, -0.05) is 42.8 Å². The lowest BCUT2D eigenvalue weighted by atomic mass is 9.69. The van der Waals surface area contributed by atoms with Gasteiger partial charge in [-0.2, -0.15) is 0 Å². The van der Waals surface area contributed by atoms with Crippen molar-refractivity contribution in [2.24, 2.45) is 5.41 Å². The van der Waals surface area contributed by atoms with E-state index in [1.165, 1.54) is 23.7 Å². The summed E-state index contributed by atoms with van der Waals surface area (Å²) >= 11 is 3.58. The fraction of sp³-hybridized carbons (Fsp3) is 0.571. The maximum atomic E-state index is 3.58. The van der Waals surface area contributed by atoms with Crippen molar-refractivity contribution < 1.29 is 0 Å². The molecule has 0 N–H and O–H groups in total. The van der Waals surface area contributed by atoms with Crippen LogP contribution in [0.25, 0.3) is 0 Å². The third kappa shape index (κ3) is 2.28. The zero-order valence-electron chi connectivity index (χ0n) is 9.81. The summed E-state index contributed by atoms with van der Waals surface area (Å²) in [6, 6.07) is 6.78. The largest absolute Gasteiger partial charge is 0.0596 e. The van der Waals surface area contributed by atoms with Crippen LogP contribution in [0.5, 0.6) is 0 Å². The maximum absolute atomic E-state index is 3.58. The molecule has 82 valence electrons. The highest BCUT2D eigenvalue weighted by molar-refractivity contribution is 9.10. The zero-order valence-corrected chi connectivity index (χ0v) is 11.4. The summed E-state index contributed by atoms with van der Waals surface area (Å²) in [6.07, 6.45) is 3.94. The lowest BCUT2D eigenvalue weighted by Crippen LogP contribution is -2.22. The van der Waals surface area contributed by atoms with Gasteiger partial charge in [0, 0.05) is 4.47 Å². The van der Waals surface area contributed by atoms with E-state index in [4.69, 9.17) is 0 Å². The van der Waals surface area contributed by atoms with Crippen LogP contribution in [0.1, 0.15) is 50.7 Å². The molecule has 1 aliphatic rings. The first-order valence-corrected chi connectivity index (χ1v) is 6.56. The molecule has 15 heavy (non-hydrogen) atoms. The van der Waals surface area contributed by atoms with Gasteiger partial charge >= 0.3 is 0 Å². The number of aryl methyl sites for hydroxylation is 1. The second-order valence-corrected chi connectivity index (χ2v) is 6.57. The standard InChI is InChI=1S/C14H19Br/c1-14(2,3)13-6-4-5-10-7-8-11(15)9-12(10)13/h7-9,13H,4-6H2,1-3H3. The molecule has 0 saturated heterocycles. The molecule has 0 aromatic heterocycles. The van der Waals surface area contributed by atoms with E-state index >= 15 is 0 Å². The minimum absolute atomic E-state index is 0.385. The maximum Gasteiger partial charge on any atom is 0.0178 e. The first-order chi connectivity index (χ1) is 6.98. The number of hydrogen-bond acceptors (Lipinski definition) is 0. The van der Waals surface area contributed by atoms with Crippen LogP contribution in [0, 0.1) is 5.41 Å². The van der Waals surface area contributed by atoms with Crippen LogP contribution in [0.15, 0.2) is 22.7 Å². The number of fused-ring (bicyclic) bond motifs is 1. The van der Waals surface area contributed by atoms with Crippen LogP contribution in [0.4, 0.5) is 0 Å². The van der Waals surface area contributed by atoms with Crippen molar-refractivity contribution in [2.45, 2.75) is 46.0 Å². The molecule has 0 aliphatic heterocycles. The van der Waals surface area contributed by atoms with Gasteiger partial charge in [0.05, 0.1) is 0 Å². The second-order valence-electron chi connectivity index (χ2n) is 5.65. The van der Waals surface area contributed by atoms with Gasteiger partial charge in [0.15, 0.2) is 0 Å². The number of rotatable bonds is 0. The highest BCUT2D eigenvalue weighted by Gasteiger charge is 2.30. The first kappa shape index (κ1) is 11.2. The van der Waals surface area contributed by atoms with Crippen molar-refractivity contribution in [3.8, 4) is 0 Å². The predicted octanol–water partition coefficient (Wildman–Crippen LogP) is 4.92. The van der Waals surface area contributed by atoms with E-state index in [0.717, 1.165) is 5.92 Å². The summed E-state index contributed by atoms with van der Waals surface area (Å²) in [6.45, 7) is 7.06. The summed E-state index contributed by atoms with van der Waals surface area (Å²) < 4.78 is 1.22. The SMILES string of the molecule is CC(C)(C)C1CCCc2ccc(Br)cc21. The Morgan fingerprint density at radius 2 is 2.00 bits per heavy atom. The molecule has 0 heterocycles. The van der Waals surface area contributed by atoms with Gasteiger partial charge in [-0.25, -0.2) is 0 Å². The van der Waals surface area contributed by atoms with Crippen molar-refractivity contribution >= 4 is 15.9 Å². The molecule has 0 saturated carbocycles. The molecule has 0 radical (unpaired) electrons. The Labute approximate surface area is 101 Å². The smallest absolute Gasteiger partial charge is 0.0178 e. The summed E-state index contributed by atoms with van der Waals surface area (Å²) in [4.78, 5) is 0. The molecule has 1 unspecified atom stereocenters. The Morgan fingerprint density at radius 3 is 2.67 bits per heavy atom. The Morgan fingerprint density at radius 1 is 1.27 bits per heavy atom. The van der Waals surface area contributed by atoms with E-state index in [9.17, 15) is 0 Å². The molecule has 1 aromatic carbocycles. The first-order valence-electron chi connectivity index (χ1n) is 5.77. The molecular weight excluding hydrogens is 248 g/mol. The highest BCUT2D eigenvalue weighted by Crippen LogP contribution is 2.44. The Balaban J connectivity index is 2.45. The van der Waals surface area contributed by atoms with Crippen LogP contribution in [-0.4, -0.2) is 0 Å². The minimum Gasteiger partial charge on any atom is -0.0596 e. The van der Waals surface area contributed by atoms with Crippen molar-refractivity contribution in [1.82, 2.24) is 0 Å². The van der Waals surface area contributed by atoms with Gasteiger partial charge in [0.25, 0.3) is 0 Å². The van der Waals surface area contributed by atoms with Crippen molar-refractivity contribution in [2.75, 3.05) is 0 Å². The number of halogens is 1. The fourth-order valence-corrected chi connectivity index (χ4v) is 3.05. The Kier molecular flexibility index (Phi) is 2.94. The molecule has 1 aromatic rings. The Hall–Kier alpha value is -0.300. The van der Waals surface area contributed by atoms with Crippen LogP contribution >= 0.6 is 15.9 Å². The highest BCUT2D eigenvalue weighted by atomic mass is 79.9. The average Bonchev–Trinajstić information content (AvgIpc) is 2.15. The molecule has 0 amide bonds. The lowest BCUT2D eigenvalue weighted by molar-refractivity contribution is 0.289. The van der Waals surface area contributed by atoms with E-state index in [0.29, 0.717) is 5.41 Å². The zero-order chi connectivity index (χ0) is 11.1. The van der Waals surface area contributed by atoms with Crippen molar-refractivity contribution in [3.63, 3.8) is 0 Å². The van der Waals surface area contributed by atoms with Crippen molar-refractivity contribution in [1.29, 1.82) is 0 Å². The van der Waals surface area contributed by atoms with Gasteiger partial charge in [-0.05, 0) is 53.9 Å². The average molecular weight is 267 g/mol. The molecule has 1 aliphatic carbocycles. The third-order valence-corrected chi connectivity index (χ3v) is 3.96. The summed E-state index contributed by atoms with van der Waals surface area (Å²) in [5, 5.41) is 0. The lowest BCUT2D eigenvalue weighted by Gasteiger charge is -2.36. The van der Waals surface area contributed by atoms with Crippen LogP contribution in [-0.2, 0) is 6.42 Å². The molecule has 0 spiro atoms. The van der Waals surface area contributed by atoms with Gasteiger partial charge in [-0.3, -0.25) is 0 Å². The van der Waals surface area contributed by atoms with Crippen LogP contribution in [0.3, 0.4) is 0 Å².